The maximum atomic E-state index is 11.4. The number of aryl methyl sites for hydroxylation is 1. The highest BCUT2D eigenvalue weighted by molar-refractivity contribution is 7.10. The normalized spacial score (nSPS) is 14.8. The highest BCUT2D eigenvalue weighted by Gasteiger charge is 2.15. The molecular weight excluding hydrogens is 372 g/mol. The Morgan fingerprint density at radius 1 is 1.32 bits per heavy atom. The van der Waals surface area contributed by atoms with Gasteiger partial charge in [-0.05, 0) is 48.6 Å². The van der Waals surface area contributed by atoms with Gasteiger partial charge < -0.3 is 20.7 Å². The highest BCUT2D eigenvalue weighted by Crippen LogP contribution is 2.26. The second-order valence-electron chi connectivity index (χ2n) is 6.78. The van der Waals surface area contributed by atoms with Gasteiger partial charge in [0.1, 0.15) is 12.4 Å². The van der Waals surface area contributed by atoms with Crippen molar-refractivity contribution in [2.75, 3.05) is 31.6 Å². The Morgan fingerprint density at radius 3 is 3.00 bits per heavy atom. The average Bonchev–Trinajstić information content (AvgIpc) is 3.24. The van der Waals surface area contributed by atoms with Gasteiger partial charge in [0.15, 0.2) is 5.96 Å². The van der Waals surface area contributed by atoms with Crippen LogP contribution in [0.5, 0.6) is 5.75 Å². The number of fused-ring (bicyclic) bond motifs is 1. The van der Waals surface area contributed by atoms with Gasteiger partial charge in [-0.2, -0.15) is 0 Å². The number of rotatable bonds is 8. The van der Waals surface area contributed by atoms with Crippen LogP contribution in [0, 0.1) is 0 Å². The van der Waals surface area contributed by atoms with Gasteiger partial charge in [0.05, 0.1) is 13.1 Å². The molecule has 0 fully saturated rings. The van der Waals surface area contributed by atoms with E-state index in [1.54, 1.807) is 11.3 Å². The molecule has 1 aliphatic heterocycles. The summed E-state index contributed by atoms with van der Waals surface area (Å²) in [7, 11) is 0. The predicted molar refractivity (Wildman–Crippen MR) is 116 cm³/mol. The number of ether oxygens (including phenoxy) is 1. The molecule has 1 amide bonds. The number of benzene rings is 1. The minimum absolute atomic E-state index is 0.0778. The first-order valence-corrected chi connectivity index (χ1v) is 10.6. The molecule has 6 nitrogen and oxygen atoms in total. The van der Waals surface area contributed by atoms with Crippen molar-refractivity contribution in [2.45, 2.75) is 32.6 Å². The topological polar surface area (TPSA) is 74.8 Å². The first-order chi connectivity index (χ1) is 13.7. The van der Waals surface area contributed by atoms with E-state index in [0.29, 0.717) is 25.5 Å². The summed E-state index contributed by atoms with van der Waals surface area (Å²) < 4.78 is 5.86. The Balaban J connectivity index is 1.45. The molecule has 0 spiro atoms. The Morgan fingerprint density at radius 2 is 2.21 bits per heavy atom. The molecule has 7 heteroatoms. The van der Waals surface area contributed by atoms with Crippen molar-refractivity contribution >= 4 is 28.9 Å². The molecule has 28 heavy (non-hydrogen) atoms. The lowest BCUT2D eigenvalue weighted by Crippen LogP contribution is -2.39. The minimum atomic E-state index is 0.0778. The number of thiophene rings is 1. The third kappa shape index (κ3) is 5.73. The van der Waals surface area contributed by atoms with E-state index in [1.807, 2.05) is 18.2 Å². The summed E-state index contributed by atoms with van der Waals surface area (Å²) in [5.74, 6) is 2.12. The van der Waals surface area contributed by atoms with Gasteiger partial charge in [-0.1, -0.05) is 13.0 Å². The first-order valence-electron chi connectivity index (χ1n) is 9.77. The van der Waals surface area contributed by atoms with Crippen LogP contribution >= 0.6 is 11.3 Å². The monoisotopic (exact) mass is 400 g/mol. The molecule has 1 unspecified atom stereocenters. The third-order valence-electron chi connectivity index (χ3n) is 4.53. The molecule has 0 saturated carbocycles. The van der Waals surface area contributed by atoms with Crippen molar-refractivity contribution in [1.82, 2.24) is 10.6 Å². The van der Waals surface area contributed by atoms with E-state index in [2.05, 4.69) is 52.3 Å². The molecule has 0 saturated heterocycles. The molecule has 1 aromatic carbocycles. The molecule has 1 aromatic heterocycles. The van der Waals surface area contributed by atoms with E-state index < -0.39 is 0 Å². The Bertz CT molecular complexity index is 805. The fourth-order valence-electron chi connectivity index (χ4n) is 3.02. The summed E-state index contributed by atoms with van der Waals surface area (Å²) in [5.41, 5.74) is 2.02. The van der Waals surface area contributed by atoms with Crippen LogP contribution in [0.15, 0.2) is 40.7 Å². The molecule has 150 valence electrons. The van der Waals surface area contributed by atoms with Crippen LogP contribution in [0.25, 0.3) is 0 Å². The zero-order valence-corrected chi connectivity index (χ0v) is 17.3. The van der Waals surface area contributed by atoms with Crippen LogP contribution in [0.1, 0.15) is 36.6 Å². The smallest absolute Gasteiger partial charge is 0.224 e. The van der Waals surface area contributed by atoms with Crippen molar-refractivity contribution in [2.24, 2.45) is 4.99 Å². The summed E-state index contributed by atoms with van der Waals surface area (Å²) >= 11 is 1.77. The minimum Gasteiger partial charge on any atom is -0.492 e. The van der Waals surface area contributed by atoms with Crippen LogP contribution < -0.4 is 20.7 Å². The van der Waals surface area contributed by atoms with Crippen molar-refractivity contribution in [3.8, 4) is 5.75 Å². The molecule has 2 aromatic rings. The molecule has 3 rings (SSSR count). The Kier molecular flexibility index (Phi) is 7.31. The second-order valence-corrected chi connectivity index (χ2v) is 7.76. The largest absolute Gasteiger partial charge is 0.492 e. The number of nitrogens with one attached hydrogen (secondary N) is 3. The van der Waals surface area contributed by atoms with Gasteiger partial charge in [-0.3, -0.25) is 9.79 Å². The molecular formula is C21H28N4O2S. The molecule has 0 aliphatic carbocycles. The van der Waals surface area contributed by atoms with E-state index in [9.17, 15) is 4.79 Å². The number of nitrogens with zero attached hydrogens (tertiary/aromatic N) is 1. The van der Waals surface area contributed by atoms with Gasteiger partial charge in [0, 0.05) is 29.4 Å². The van der Waals surface area contributed by atoms with E-state index >= 15 is 0 Å². The first kappa shape index (κ1) is 20.2. The lowest BCUT2D eigenvalue weighted by molar-refractivity contribution is -0.116. The number of carbonyl (C=O) groups excluding carboxylic acids is 1. The van der Waals surface area contributed by atoms with Gasteiger partial charge in [0.25, 0.3) is 0 Å². The zero-order chi connectivity index (χ0) is 19.8. The fraction of sp³-hybridized carbons (Fsp3) is 0.429. The van der Waals surface area contributed by atoms with E-state index in [-0.39, 0.29) is 5.91 Å². The summed E-state index contributed by atoms with van der Waals surface area (Å²) in [6.45, 7) is 7.01. The van der Waals surface area contributed by atoms with E-state index in [1.165, 1.54) is 4.88 Å². The molecule has 1 atom stereocenters. The Hall–Kier alpha value is -2.54. The fourth-order valence-corrected chi connectivity index (χ4v) is 3.80. The summed E-state index contributed by atoms with van der Waals surface area (Å²) in [5, 5.41) is 11.6. The molecule has 3 N–H and O–H groups in total. The maximum Gasteiger partial charge on any atom is 0.224 e. The number of amides is 1. The number of guanidine groups is 1. The lowest BCUT2D eigenvalue weighted by atomic mass is 10.0. The summed E-state index contributed by atoms with van der Waals surface area (Å²) in [4.78, 5) is 17.5. The number of anilines is 1. The van der Waals surface area contributed by atoms with Crippen LogP contribution in [0.4, 0.5) is 5.69 Å². The maximum absolute atomic E-state index is 11.4. The standard InChI is InChI=1S/C21H28N4O2S/c1-3-22-21(24-14-15(2)19-5-4-12-28-19)23-10-11-27-17-7-8-18-16(13-17)6-9-20(26)25-18/h4-5,7-8,12-13,15H,3,6,9-11,14H2,1-2H3,(H,25,26)(H2,22,23,24). The number of carbonyl (C=O) groups is 1. The summed E-state index contributed by atoms with van der Waals surface area (Å²) in [6.07, 6.45) is 1.29. The van der Waals surface area contributed by atoms with Crippen LogP contribution in [-0.4, -0.2) is 38.1 Å². The summed E-state index contributed by atoms with van der Waals surface area (Å²) in [6, 6.07) is 10.1. The zero-order valence-electron chi connectivity index (χ0n) is 16.5. The lowest BCUT2D eigenvalue weighted by Gasteiger charge is -2.18. The third-order valence-corrected chi connectivity index (χ3v) is 5.64. The van der Waals surface area contributed by atoms with Crippen LogP contribution in [-0.2, 0) is 11.2 Å². The molecule has 0 radical (unpaired) electrons. The van der Waals surface area contributed by atoms with Crippen LogP contribution in [0.3, 0.4) is 0 Å². The number of hydrogen-bond acceptors (Lipinski definition) is 4. The predicted octanol–water partition coefficient (Wildman–Crippen LogP) is 3.37. The molecule has 0 bridgehead atoms. The van der Waals surface area contributed by atoms with E-state index in [4.69, 9.17) is 4.74 Å². The molecule has 1 aliphatic rings. The number of hydrogen-bond donors (Lipinski definition) is 3. The van der Waals surface area contributed by atoms with Gasteiger partial charge in [0.2, 0.25) is 5.91 Å². The van der Waals surface area contributed by atoms with Crippen molar-refractivity contribution in [3.05, 3.63) is 46.2 Å². The van der Waals surface area contributed by atoms with Crippen molar-refractivity contribution < 1.29 is 9.53 Å². The second kappa shape index (κ2) is 10.1. The van der Waals surface area contributed by atoms with Gasteiger partial charge in [-0.25, -0.2) is 0 Å². The number of aliphatic imine (C=N–C) groups is 1. The van der Waals surface area contributed by atoms with Gasteiger partial charge >= 0.3 is 0 Å². The quantitative estimate of drug-likeness (QED) is 0.361. The van der Waals surface area contributed by atoms with E-state index in [0.717, 1.165) is 42.5 Å². The molecule has 2 heterocycles. The van der Waals surface area contributed by atoms with Crippen LogP contribution in [0.2, 0.25) is 0 Å². The van der Waals surface area contributed by atoms with Crippen molar-refractivity contribution in [3.63, 3.8) is 0 Å². The van der Waals surface area contributed by atoms with Gasteiger partial charge in [-0.15, -0.1) is 11.3 Å². The Labute approximate surface area is 170 Å². The highest BCUT2D eigenvalue weighted by atomic mass is 32.1. The SMILES string of the molecule is CCNC(=NCC(C)c1cccs1)NCCOc1ccc2c(c1)CCC(=O)N2. The van der Waals surface area contributed by atoms with Crippen molar-refractivity contribution in [1.29, 1.82) is 0 Å². The average molecular weight is 401 g/mol.